The molecule has 0 saturated carbocycles. The van der Waals surface area contributed by atoms with E-state index in [1.165, 1.54) is 180 Å². The van der Waals surface area contributed by atoms with E-state index in [-0.39, 0.29) is 25.6 Å². The second-order valence-corrected chi connectivity index (χ2v) is 23.5. The summed E-state index contributed by atoms with van der Waals surface area (Å²) in [6.07, 6.45) is 71.5. The number of rotatable bonds is 57. The van der Waals surface area contributed by atoms with Crippen molar-refractivity contribution >= 4 is 19.8 Å². The molecule has 432 valence electrons. The maximum atomic E-state index is 12.8. The number of likely N-dealkylation sites (N-methyl/N-ethyl adjacent to an activating group) is 1. The molecular formula is C64H119NO8P+. The third-order valence-electron chi connectivity index (χ3n) is 13.6. The third-order valence-corrected chi connectivity index (χ3v) is 14.5. The number of hydrogen-bond acceptors (Lipinski definition) is 7. The van der Waals surface area contributed by atoms with Gasteiger partial charge in [0.15, 0.2) is 6.10 Å². The number of allylic oxidation sites excluding steroid dienone is 10. The molecule has 2 atom stereocenters. The molecule has 0 aromatic rings. The van der Waals surface area contributed by atoms with Gasteiger partial charge in [-0.25, -0.2) is 4.57 Å². The molecule has 0 spiro atoms. The van der Waals surface area contributed by atoms with Crippen molar-refractivity contribution in [3.63, 3.8) is 0 Å². The number of quaternary nitrogens is 1. The first kappa shape index (κ1) is 71.7. The summed E-state index contributed by atoms with van der Waals surface area (Å²) < 4.78 is 34.6. The van der Waals surface area contributed by atoms with Crippen molar-refractivity contribution < 1.29 is 42.1 Å². The van der Waals surface area contributed by atoms with Crippen molar-refractivity contribution in [2.75, 3.05) is 47.5 Å². The molecular weight excluding hydrogens is 942 g/mol. The monoisotopic (exact) mass is 1060 g/mol. The molecule has 0 amide bonds. The summed E-state index contributed by atoms with van der Waals surface area (Å²) >= 11 is 0. The van der Waals surface area contributed by atoms with Gasteiger partial charge in [-0.3, -0.25) is 18.6 Å². The van der Waals surface area contributed by atoms with Crippen molar-refractivity contribution in [1.82, 2.24) is 0 Å². The third kappa shape index (κ3) is 59.0. The number of unbranched alkanes of at least 4 members (excludes halogenated alkanes) is 33. The van der Waals surface area contributed by atoms with Crippen molar-refractivity contribution in [3.8, 4) is 0 Å². The maximum Gasteiger partial charge on any atom is 0.472 e. The summed E-state index contributed by atoms with van der Waals surface area (Å²) in [4.78, 5) is 35.8. The van der Waals surface area contributed by atoms with E-state index in [1.807, 2.05) is 21.1 Å². The van der Waals surface area contributed by atoms with Gasteiger partial charge in [-0.2, -0.15) is 0 Å². The van der Waals surface area contributed by atoms with E-state index in [0.717, 1.165) is 70.6 Å². The van der Waals surface area contributed by atoms with Crippen LogP contribution in [0.3, 0.4) is 0 Å². The van der Waals surface area contributed by atoms with Crippen LogP contribution in [0.1, 0.15) is 284 Å². The lowest BCUT2D eigenvalue weighted by Gasteiger charge is -2.24. The van der Waals surface area contributed by atoms with Gasteiger partial charge < -0.3 is 18.9 Å². The molecule has 74 heavy (non-hydrogen) atoms. The zero-order valence-corrected chi connectivity index (χ0v) is 50.0. The smallest absolute Gasteiger partial charge is 0.462 e. The minimum absolute atomic E-state index is 0.0310. The molecule has 0 aromatic heterocycles. The van der Waals surface area contributed by atoms with Crippen molar-refractivity contribution in [2.45, 2.75) is 290 Å². The molecule has 1 N–H and O–H groups in total. The number of ether oxygens (including phenoxy) is 2. The van der Waals surface area contributed by atoms with Crippen LogP contribution in [0.15, 0.2) is 60.8 Å². The van der Waals surface area contributed by atoms with Gasteiger partial charge in [0.1, 0.15) is 19.8 Å². The first-order valence-corrected chi connectivity index (χ1v) is 32.5. The fourth-order valence-corrected chi connectivity index (χ4v) is 9.55. The average Bonchev–Trinajstić information content (AvgIpc) is 3.36. The second kappa shape index (κ2) is 55.5. The Labute approximate surface area is 457 Å². The van der Waals surface area contributed by atoms with E-state index in [4.69, 9.17) is 18.5 Å². The zero-order chi connectivity index (χ0) is 54.2. The molecule has 9 nitrogen and oxygen atoms in total. The van der Waals surface area contributed by atoms with Gasteiger partial charge >= 0.3 is 19.8 Å². The van der Waals surface area contributed by atoms with Crippen molar-refractivity contribution in [3.05, 3.63) is 60.8 Å². The highest BCUT2D eigenvalue weighted by atomic mass is 31.2. The topological polar surface area (TPSA) is 108 Å². The molecule has 0 rings (SSSR count). The van der Waals surface area contributed by atoms with Gasteiger partial charge in [0, 0.05) is 12.8 Å². The normalized spacial score (nSPS) is 13.6. The SMILES string of the molecule is CC/C=C\C/C=C\C/C=C\C/C=C\C/C=C\CCCCCCCCCCCCCC(=O)OC(COC(=O)CCCCCCCCCCCCCCCCCCCCCCCCC)COP(=O)(O)OCC[N+](C)(C)C. The molecule has 0 fully saturated rings. The molecule has 0 bridgehead atoms. The van der Waals surface area contributed by atoms with Crippen LogP contribution < -0.4 is 0 Å². The lowest BCUT2D eigenvalue weighted by molar-refractivity contribution is -0.870. The van der Waals surface area contributed by atoms with Crippen molar-refractivity contribution in [1.29, 1.82) is 0 Å². The summed E-state index contributed by atoms with van der Waals surface area (Å²) in [5.74, 6) is -0.789. The first-order chi connectivity index (χ1) is 36.0. The van der Waals surface area contributed by atoms with Gasteiger partial charge in [-0.1, -0.05) is 274 Å². The van der Waals surface area contributed by atoms with Crippen LogP contribution in [0.4, 0.5) is 0 Å². The zero-order valence-electron chi connectivity index (χ0n) is 49.1. The Balaban J connectivity index is 4.12. The Hall–Kier alpha value is -2.29. The molecule has 0 aliphatic carbocycles. The number of hydrogen-bond donors (Lipinski definition) is 1. The molecule has 10 heteroatoms. The minimum atomic E-state index is -4.39. The predicted octanol–water partition coefficient (Wildman–Crippen LogP) is 19.5. The standard InChI is InChI=1S/C64H118NO8P/c1-6-8-10-12-14-16-18-20-22-24-26-28-30-31-32-33-35-37-39-41-43-45-47-49-51-53-55-57-64(67)73-62(61-72-74(68,69)71-59-58-65(3,4)5)60-70-63(66)56-54-52-50-48-46-44-42-40-38-36-34-29-27-25-23-21-19-17-15-13-11-9-7-2/h8,10,14,16,20,22,26,28,31-32,62H,6-7,9,11-13,15,17-19,21,23-25,27,29-30,33-61H2,1-5H3/p+1/b10-8-,16-14-,22-20-,28-26-,32-31-. The van der Waals surface area contributed by atoms with Gasteiger partial charge in [0.25, 0.3) is 0 Å². The highest BCUT2D eigenvalue weighted by Gasteiger charge is 2.27. The van der Waals surface area contributed by atoms with E-state index in [1.54, 1.807) is 0 Å². The van der Waals surface area contributed by atoms with Crippen molar-refractivity contribution in [2.24, 2.45) is 0 Å². The Morgan fingerprint density at radius 1 is 0.432 bits per heavy atom. The average molecular weight is 1060 g/mol. The van der Waals surface area contributed by atoms with Crippen LogP contribution in [0.2, 0.25) is 0 Å². The van der Waals surface area contributed by atoms with Crippen LogP contribution in [-0.4, -0.2) is 74.9 Å². The summed E-state index contributed by atoms with van der Waals surface area (Å²) in [5, 5.41) is 0. The number of carbonyl (C=O) groups is 2. The summed E-state index contributed by atoms with van der Waals surface area (Å²) in [6.45, 7) is 4.36. The van der Waals surface area contributed by atoms with Crippen LogP contribution in [0.25, 0.3) is 0 Å². The van der Waals surface area contributed by atoms with Crippen LogP contribution in [0, 0.1) is 0 Å². The minimum Gasteiger partial charge on any atom is -0.462 e. The molecule has 0 heterocycles. The fraction of sp³-hybridized carbons (Fsp3) is 0.812. The Bertz CT molecular complexity index is 1430. The number of nitrogens with zero attached hydrogens (tertiary/aromatic N) is 1. The predicted molar refractivity (Wildman–Crippen MR) is 316 cm³/mol. The highest BCUT2D eigenvalue weighted by molar-refractivity contribution is 7.47. The van der Waals surface area contributed by atoms with Gasteiger partial charge in [0.05, 0.1) is 27.7 Å². The number of phosphoric acid groups is 1. The lowest BCUT2D eigenvalue weighted by Crippen LogP contribution is -2.37. The van der Waals surface area contributed by atoms with E-state index < -0.39 is 26.5 Å². The van der Waals surface area contributed by atoms with Gasteiger partial charge in [0.2, 0.25) is 0 Å². The quantitative estimate of drug-likeness (QED) is 0.0211. The van der Waals surface area contributed by atoms with Crippen LogP contribution >= 0.6 is 7.82 Å². The molecule has 0 saturated heterocycles. The Morgan fingerprint density at radius 2 is 0.770 bits per heavy atom. The summed E-state index contributed by atoms with van der Waals surface area (Å²) in [5.41, 5.74) is 0. The fourth-order valence-electron chi connectivity index (χ4n) is 8.81. The van der Waals surface area contributed by atoms with Crippen LogP contribution in [0.5, 0.6) is 0 Å². The molecule has 0 aliphatic heterocycles. The van der Waals surface area contributed by atoms with E-state index in [9.17, 15) is 19.0 Å². The second-order valence-electron chi connectivity index (χ2n) is 22.1. The summed E-state index contributed by atoms with van der Waals surface area (Å²) in [7, 11) is 1.48. The van der Waals surface area contributed by atoms with Gasteiger partial charge in [-0.15, -0.1) is 0 Å². The maximum absolute atomic E-state index is 12.8. The molecule has 0 radical (unpaired) electrons. The Kier molecular flexibility index (Phi) is 53.7. The summed E-state index contributed by atoms with van der Waals surface area (Å²) in [6, 6.07) is 0. The van der Waals surface area contributed by atoms with Gasteiger partial charge in [-0.05, 0) is 57.8 Å². The molecule has 0 aromatic carbocycles. The molecule has 2 unspecified atom stereocenters. The van der Waals surface area contributed by atoms with Crippen LogP contribution in [-0.2, 0) is 32.7 Å². The van der Waals surface area contributed by atoms with E-state index in [2.05, 4.69) is 74.6 Å². The van der Waals surface area contributed by atoms with E-state index in [0.29, 0.717) is 23.9 Å². The Morgan fingerprint density at radius 3 is 1.15 bits per heavy atom. The number of esters is 2. The molecule has 0 aliphatic rings. The highest BCUT2D eigenvalue weighted by Crippen LogP contribution is 2.43. The largest absolute Gasteiger partial charge is 0.472 e. The van der Waals surface area contributed by atoms with E-state index >= 15 is 0 Å². The number of carbonyl (C=O) groups excluding carboxylic acids is 2. The lowest BCUT2D eigenvalue weighted by atomic mass is 10.0. The first-order valence-electron chi connectivity index (χ1n) is 31.0. The number of phosphoric ester groups is 1.